The molecule has 0 spiro atoms. The Morgan fingerprint density at radius 1 is 1.67 bits per heavy atom. The smallest absolute Gasteiger partial charge is 0.115 e. The van der Waals surface area contributed by atoms with Crippen LogP contribution in [0.1, 0.15) is 9.88 Å². The summed E-state index contributed by atoms with van der Waals surface area (Å²) >= 11 is 6.38. The van der Waals surface area contributed by atoms with Gasteiger partial charge in [-0.3, -0.25) is 0 Å². The van der Waals surface area contributed by atoms with Gasteiger partial charge in [0.05, 0.1) is 4.43 Å². The Hall–Kier alpha value is 1.09. The van der Waals surface area contributed by atoms with Gasteiger partial charge in [-0.25, -0.2) is 4.98 Å². The molecule has 0 aliphatic heterocycles. The van der Waals surface area contributed by atoms with E-state index in [-0.39, 0.29) is 0 Å². The molecule has 0 bridgehead atoms. The van der Waals surface area contributed by atoms with Crippen LogP contribution >= 0.6 is 56.5 Å². The third-order valence-electron chi connectivity index (χ3n) is 0.899. The lowest BCUT2D eigenvalue weighted by molar-refractivity contribution is 1.23. The van der Waals surface area contributed by atoms with Gasteiger partial charge in [-0.1, -0.05) is 22.6 Å². The number of rotatable bonds is 1. The van der Waals surface area contributed by atoms with E-state index in [4.69, 9.17) is 0 Å². The van der Waals surface area contributed by atoms with Crippen LogP contribution in [0.25, 0.3) is 0 Å². The van der Waals surface area contributed by atoms with E-state index < -0.39 is 0 Å². The second kappa shape index (κ2) is 3.47. The first kappa shape index (κ1) is 8.19. The van der Waals surface area contributed by atoms with E-state index in [1.54, 1.807) is 11.3 Å². The van der Waals surface area contributed by atoms with Crippen LogP contribution in [0.3, 0.4) is 0 Å². The maximum Gasteiger partial charge on any atom is 0.115 e. The van der Waals surface area contributed by atoms with Gasteiger partial charge in [0.2, 0.25) is 0 Å². The fraction of sp³-hybridized carbons (Fsp3) is 0.400. The molecule has 1 aromatic heterocycles. The third kappa shape index (κ3) is 2.01. The number of halogens is 2. The highest BCUT2D eigenvalue weighted by Crippen LogP contribution is 2.20. The van der Waals surface area contributed by atoms with E-state index in [0.717, 1.165) is 8.13 Å². The summed E-state index contributed by atoms with van der Waals surface area (Å²) in [4.78, 5) is 5.66. The van der Waals surface area contributed by atoms with Gasteiger partial charge in [0.25, 0.3) is 0 Å². The minimum atomic E-state index is 1.03. The van der Waals surface area contributed by atoms with Crippen molar-refractivity contribution in [2.24, 2.45) is 0 Å². The molecule has 0 saturated heterocycles. The first-order valence-electron chi connectivity index (χ1n) is 2.42. The third-order valence-corrected chi connectivity index (χ3v) is 4.53. The standard InChI is InChI=1S/C5H5I2NS/c1-3-5(7)8-4(2-6)9-3/h2H2,1H3. The largest absolute Gasteiger partial charge is 0.234 e. The van der Waals surface area contributed by atoms with E-state index >= 15 is 0 Å². The zero-order valence-electron chi connectivity index (χ0n) is 4.82. The van der Waals surface area contributed by atoms with Crippen LogP contribution in [0.2, 0.25) is 0 Å². The molecule has 1 heterocycles. The van der Waals surface area contributed by atoms with E-state index in [9.17, 15) is 0 Å². The van der Waals surface area contributed by atoms with Gasteiger partial charge >= 0.3 is 0 Å². The summed E-state index contributed by atoms with van der Waals surface area (Å²) in [5.74, 6) is 0. The van der Waals surface area contributed by atoms with Crippen molar-refractivity contribution in [3.05, 3.63) is 13.6 Å². The van der Waals surface area contributed by atoms with Crippen molar-refractivity contribution in [1.82, 2.24) is 4.98 Å². The monoisotopic (exact) mass is 365 g/mol. The number of thiazole rings is 1. The number of aromatic nitrogens is 1. The second-order valence-electron chi connectivity index (χ2n) is 1.59. The first-order chi connectivity index (χ1) is 4.24. The molecule has 0 amide bonds. The molecule has 1 aromatic rings. The van der Waals surface area contributed by atoms with Crippen molar-refractivity contribution in [3.63, 3.8) is 0 Å². The molecular weight excluding hydrogens is 360 g/mol. The predicted molar refractivity (Wildman–Crippen MR) is 57.3 cm³/mol. The SMILES string of the molecule is Cc1sc(CI)nc1I. The average molecular weight is 365 g/mol. The molecule has 9 heavy (non-hydrogen) atoms. The highest BCUT2D eigenvalue weighted by atomic mass is 127. The summed E-state index contributed by atoms with van der Waals surface area (Å²) in [5, 5.41) is 1.23. The molecule has 0 radical (unpaired) electrons. The molecule has 1 nitrogen and oxygen atoms in total. The van der Waals surface area contributed by atoms with Crippen LogP contribution in [0, 0.1) is 10.6 Å². The molecule has 0 aliphatic carbocycles. The summed E-state index contributed by atoms with van der Waals surface area (Å²) in [5.41, 5.74) is 0. The van der Waals surface area contributed by atoms with Gasteiger partial charge in [0.15, 0.2) is 0 Å². The van der Waals surface area contributed by atoms with Gasteiger partial charge in [-0.05, 0) is 29.5 Å². The van der Waals surface area contributed by atoms with Gasteiger partial charge in [-0.15, -0.1) is 11.3 Å². The first-order valence-corrected chi connectivity index (χ1v) is 5.84. The van der Waals surface area contributed by atoms with Crippen molar-refractivity contribution in [3.8, 4) is 0 Å². The number of hydrogen-bond donors (Lipinski definition) is 0. The molecule has 4 heteroatoms. The van der Waals surface area contributed by atoms with Crippen LogP contribution in [-0.4, -0.2) is 4.98 Å². The number of alkyl halides is 1. The van der Waals surface area contributed by atoms with E-state index in [2.05, 4.69) is 57.1 Å². The van der Waals surface area contributed by atoms with Gasteiger partial charge in [0, 0.05) is 4.88 Å². The van der Waals surface area contributed by atoms with Crippen molar-refractivity contribution in [2.45, 2.75) is 11.4 Å². The fourth-order valence-electron chi connectivity index (χ4n) is 0.487. The Kier molecular flexibility index (Phi) is 3.16. The minimum absolute atomic E-state index is 1.03. The Balaban J connectivity index is 2.98. The molecule has 0 N–H and O–H groups in total. The summed E-state index contributed by atoms with van der Waals surface area (Å²) in [7, 11) is 0. The molecule has 0 unspecified atom stereocenters. The zero-order chi connectivity index (χ0) is 6.85. The van der Waals surface area contributed by atoms with E-state index in [1.165, 1.54) is 9.88 Å². The van der Waals surface area contributed by atoms with Crippen LogP contribution in [0.4, 0.5) is 0 Å². The van der Waals surface area contributed by atoms with Crippen LogP contribution in [0.5, 0.6) is 0 Å². The molecule has 1 rings (SSSR count). The van der Waals surface area contributed by atoms with Crippen molar-refractivity contribution < 1.29 is 0 Å². The van der Waals surface area contributed by atoms with Crippen molar-refractivity contribution in [2.75, 3.05) is 0 Å². The summed E-state index contributed by atoms with van der Waals surface area (Å²) < 4.78 is 2.19. The molecule has 0 saturated carbocycles. The fourth-order valence-corrected chi connectivity index (χ4v) is 2.58. The summed E-state index contributed by atoms with van der Waals surface area (Å²) in [6.07, 6.45) is 0. The predicted octanol–water partition coefficient (Wildman–Crippen LogP) is 2.99. The number of aryl methyl sites for hydroxylation is 1. The molecule has 50 valence electrons. The lowest BCUT2D eigenvalue weighted by atomic mass is 10.6. The lowest BCUT2D eigenvalue weighted by Crippen LogP contribution is -1.73. The topological polar surface area (TPSA) is 12.9 Å². The van der Waals surface area contributed by atoms with Gasteiger partial charge < -0.3 is 0 Å². The van der Waals surface area contributed by atoms with Crippen molar-refractivity contribution in [1.29, 1.82) is 0 Å². The quantitative estimate of drug-likeness (QED) is 0.551. The van der Waals surface area contributed by atoms with E-state index in [0.29, 0.717) is 0 Å². The normalized spacial score (nSPS) is 10.1. The molecule has 0 atom stereocenters. The summed E-state index contributed by atoms with van der Waals surface area (Å²) in [6.45, 7) is 2.11. The average Bonchev–Trinajstić information content (AvgIpc) is 2.13. The van der Waals surface area contributed by atoms with Crippen molar-refractivity contribution >= 4 is 56.5 Å². The molecular formula is C5H5I2NS. The highest BCUT2D eigenvalue weighted by molar-refractivity contribution is 14.1. The van der Waals surface area contributed by atoms with Crippen LogP contribution < -0.4 is 0 Å². The summed E-state index contributed by atoms with van der Waals surface area (Å²) in [6, 6.07) is 0. The zero-order valence-corrected chi connectivity index (χ0v) is 9.95. The highest BCUT2D eigenvalue weighted by Gasteiger charge is 2.01. The number of nitrogens with zero attached hydrogens (tertiary/aromatic N) is 1. The van der Waals surface area contributed by atoms with Crippen LogP contribution in [-0.2, 0) is 4.43 Å². The molecule has 0 aliphatic rings. The van der Waals surface area contributed by atoms with Gasteiger partial charge in [0.1, 0.15) is 8.71 Å². The van der Waals surface area contributed by atoms with Crippen LogP contribution in [0.15, 0.2) is 0 Å². The lowest BCUT2D eigenvalue weighted by Gasteiger charge is -1.77. The Bertz CT molecular complexity index is 189. The maximum atomic E-state index is 4.33. The Morgan fingerprint density at radius 3 is 2.56 bits per heavy atom. The Morgan fingerprint density at radius 2 is 2.33 bits per heavy atom. The van der Waals surface area contributed by atoms with E-state index in [1.807, 2.05) is 0 Å². The minimum Gasteiger partial charge on any atom is -0.234 e. The molecule has 0 fully saturated rings. The maximum absolute atomic E-state index is 4.33. The number of hydrogen-bond acceptors (Lipinski definition) is 2. The van der Waals surface area contributed by atoms with Gasteiger partial charge in [-0.2, -0.15) is 0 Å². The second-order valence-corrected chi connectivity index (χ2v) is 4.66. The Labute approximate surface area is 85.5 Å². The molecule has 0 aromatic carbocycles.